The number of fused-ring (bicyclic) bond motifs is 1. The van der Waals surface area contributed by atoms with E-state index in [0.717, 1.165) is 54.1 Å². The van der Waals surface area contributed by atoms with E-state index in [-0.39, 0.29) is 5.82 Å². The van der Waals surface area contributed by atoms with E-state index in [4.69, 9.17) is 0 Å². The van der Waals surface area contributed by atoms with Crippen LogP contribution in [0, 0.1) is 19.7 Å². The van der Waals surface area contributed by atoms with Crippen LogP contribution in [0.25, 0.3) is 10.9 Å². The molecule has 0 aliphatic heterocycles. The Labute approximate surface area is 165 Å². The number of benzene rings is 1. The number of aryl methyl sites for hydroxylation is 2. The monoisotopic (exact) mass is 384 g/mol. The fraction of sp³-hybridized carbons (Fsp3) is 0.429. The van der Waals surface area contributed by atoms with E-state index < -0.39 is 0 Å². The molecule has 28 heavy (non-hydrogen) atoms. The maximum absolute atomic E-state index is 13.5. The zero-order chi connectivity index (χ0) is 20.1. The number of nitrogens with zero attached hydrogens (tertiary/aromatic N) is 3. The lowest BCUT2D eigenvalue weighted by atomic mass is 10.1. The van der Waals surface area contributed by atoms with Gasteiger partial charge in [-0.2, -0.15) is 5.10 Å². The van der Waals surface area contributed by atoms with E-state index in [1.165, 1.54) is 17.3 Å². The van der Waals surface area contributed by atoms with Crippen LogP contribution in [0.5, 0.6) is 0 Å². The Morgan fingerprint density at radius 3 is 2.79 bits per heavy atom. The summed E-state index contributed by atoms with van der Waals surface area (Å²) in [6.45, 7) is 8.40. The van der Waals surface area contributed by atoms with Gasteiger partial charge in [0.1, 0.15) is 5.82 Å². The van der Waals surface area contributed by atoms with Crippen LogP contribution >= 0.6 is 0 Å². The van der Waals surface area contributed by atoms with Gasteiger partial charge in [-0.25, -0.2) is 4.39 Å². The van der Waals surface area contributed by atoms with Crippen molar-refractivity contribution < 1.29 is 4.39 Å². The molecular formula is C21H29FN6. The highest BCUT2D eigenvalue weighted by atomic mass is 19.1. The number of aliphatic imine (C=N–C) groups is 1. The summed E-state index contributed by atoms with van der Waals surface area (Å²) in [6, 6.07) is 4.83. The number of H-pyrrole nitrogens is 1. The van der Waals surface area contributed by atoms with Crippen LogP contribution in [0.2, 0.25) is 0 Å². The van der Waals surface area contributed by atoms with Gasteiger partial charge in [0, 0.05) is 49.5 Å². The van der Waals surface area contributed by atoms with Crippen molar-refractivity contribution in [2.45, 2.75) is 33.6 Å². The van der Waals surface area contributed by atoms with E-state index in [2.05, 4.69) is 39.6 Å². The molecule has 2 aromatic heterocycles. The highest BCUT2D eigenvalue weighted by Gasteiger charge is 2.09. The highest BCUT2D eigenvalue weighted by Crippen LogP contribution is 2.19. The van der Waals surface area contributed by atoms with Crippen LogP contribution in [-0.4, -0.2) is 40.4 Å². The van der Waals surface area contributed by atoms with Crippen LogP contribution in [0.1, 0.15) is 29.4 Å². The normalized spacial score (nSPS) is 12.0. The van der Waals surface area contributed by atoms with E-state index in [1.54, 1.807) is 12.1 Å². The first-order chi connectivity index (χ1) is 13.5. The van der Waals surface area contributed by atoms with Crippen LogP contribution in [0.15, 0.2) is 29.4 Å². The van der Waals surface area contributed by atoms with Crippen molar-refractivity contribution >= 4 is 16.9 Å². The number of aromatic amines is 1. The quantitative estimate of drug-likeness (QED) is 0.433. The average molecular weight is 385 g/mol. The molecule has 3 aromatic rings. The predicted octanol–water partition coefficient (Wildman–Crippen LogP) is 3.00. The fourth-order valence-corrected chi connectivity index (χ4v) is 3.47. The summed E-state index contributed by atoms with van der Waals surface area (Å²) < 4.78 is 15.4. The largest absolute Gasteiger partial charge is 0.361 e. The van der Waals surface area contributed by atoms with E-state index in [9.17, 15) is 4.39 Å². The standard InChI is InChI=1S/C21H29FN6/c1-5-23-21(25-11-9-18-14(2)27-28(4)15(18)3)24-10-8-16-13-26-20-7-6-17(22)12-19(16)20/h6-7,12-13,26H,5,8-11H2,1-4H3,(H2,23,24,25). The smallest absolute Gasteiger partial charge is 0.191 e. The number of rotatable bonds is 7. The van der Waals surface area contributed by atoms with Crippen LogP contribution in [0.4, 0.5) is 4.39 Å². The Hall–Kier alpha value is -2.83. The topological polar surface area (TPSA) is 70.0 Å². The Morgan fingerprint density at radius 2 is 2.07 bits per heavy atom. The molecule has 0 radical (unpaired) electrons. The summed E-state index contributed by atoms with van der Waals surface area (Å²) in [6.07, 6.45) is 3.60. The second kappa shape index (κ2) is 8.91. The van der Waals surface area contributed by atoms with Crippen molar-refractivity contribution in [3.8, 4) is 0 Å². The van der Waals surface area contributed by atoms with Gasteiger partial charge in [-0.3, -0.25) is 9.67 Å². The summed E-state index contributed by atoms with van der Waals surface area (Å²) in [4.78, 5) is 7.88. The summed E-state index contributed by atoms with van der Waals surface area (Å²) in [5, 5.41) is 12.0. The van der Waals surface area contributed by atoms with E-state index in [1.807, 2.05) is 24.9 Å². The summed E-state index contributed by atoms with van der Waals surface area (Å²) in [7, 11) is 1.97. The summed E-state index contributed by atoms with van der Waals surface area (Å²) in [5.41, 5.74) is 5.58. The van der Waals surface area contributed by atoms with Gasteiger partial charge in [-0.15, -0.1) is 0 Å². The lowest BCUT2D eigenvalue weighted by Gasteiger charge is -2.11. The van der Waals surface area contributed by atoms with Crippen molar-refractivity contribution in [2.24, 2.45) is 12.0 Å². The average Bonchev–Trinajstić information content (AvgIpc) is 3.16. The number of aromatic nitrogens is 3. The third-order valence-electron chi connectivity index (χ3n) is 5.05. The van der Waals surface area contributed by atoms with Gasteiger partial charge in [-0.05, 0) is 62.9 Å². The van der Waals surface area contributed by atoms with Gasteiger partial charge in [-0.1, -0.05) is 0 Å². The van der Waals surface area contributed by atoms with Crippen LogP contribution in [-0.2, 0) is 19.9 Å². The molecule has 0 amide bonds. The second-order valence-electron chi connectivity index (χ2n) is 6.96. The zero-order valence-electron chi connectivity index (χ0n) is 17.1. The molecular weight excluding hydrogens is 355 g/mol. The molecule has 0 bridgehead atoms. The number of nitrogens with one attached hydrogen (secondary N) is 3. The molecule has 1 aromatic carbocycles. The SMILES string of the molecule is CCNC(=NCCc1c(C)nn(C)c1C)NCCc1c[nH]c2ccc(F)cc12. The van der Waals surface area contributed by atoms with Gasteiger partial charge in [0.25, 0.3) is 0 Å². The Bertz CT molecular complexity index is 969. The Balaban J connectivity index is 1.58. The van der Waals surface area contributed by atoms with E-state index in [0.29, 0.717) is 6.54 Å². The van der Waals surface area contributed by atoms with Crippen LogP contribution in [0.3, 0.4) is 0 Å². The van der Waals surface area contributed by atoms with Crippen molar-refractivity contribution in [2.75, 3.05) is 19.6 Å². The van der Waals surface area contributed by atoms with Gasteiger partial charge in [0.15, 0.2) is 5.96 Å². The summed E-state index contributed by atoms with van der Waals surface area (Å²) in [5.74, 6) is 0.588. The predicted molar refractivity (Wildman–Crippen MR) is 112 cm³/mol. The third kappa shape index (κ3) is 4.52. The molecule has 150 valence electrons. The first kappa shape index (κ1) is 19.9. The van der Waals surface area contributed by atoms with Crippen molar-refractivity contribution in [3.05, 3.63) is 52.7 Å². The van der Waals surface area contributed by atoms with Crippen LogP contribution < -0.4 is 10.6 Å². The molecule has 3 N–H and O–H groups in total. The fourth-order valence-electron chi connectivity index (χ4n) is 3.47. The molecule has 0 unspecified atom stereocenters. The van der Waals surface area contributed by atoms with Crippen molar-refractivity contribution in [3.63, 3.8) is 0 Å². The molecule has 3 rings (SSSR count). The Morgan fingerprint density at radius 1 is 1.25 bits per heavy atom. The minimum absolute atomic E-state index is 0.211. The molecule has 0 spiro atoms. The van der Waals surface area contributed by atoms with Gasteiger partial charge < -0.3 is 15.6 Å². The second-order valence-corrected chi connectivity index (χ2v) is 6.96. The molecule has 0 saturated heterocycles. The number of halogens is 1. The molecule has 7 heteroatoms. The van der Waals surface area contributed by atoms with Gasteiger partial charge >= 0.3 is 0 Å². The minimum atomic E-state index is -0.211. The van der Waals surface area contributed by atoms with Crippen molar-refractivity contribution in [1.29, 1.82) is 0 Å². The maximum Gasteiger partial charge on any atom is 0.191 e. The molecule has 2 heterocycles. The first-order valence-corrected chi connectivity index (χ1v) is 9.76. The highest BCUT2D eigenvalue weighted by molar-refractivity contribution is 5.83. The zero-order valence-corrected chi connectivity index (χ0v) is 17.1. The lowest BCUT2D eigenvalue weighted by Crippen LogP contribution is -2.38. The molecule has 0 saturated carbocycles. The van der Waals surface area contributed by atoms with Gasteiger partial charge in [0.2, 0.25) is 0 Å². The third-order valence-corrected chi connectivity index (χ3v) is 5.05. The lowest BCUT2D eigenvalue weighted by molar-refractivity contribution is 0.629. The number of hydrogen-bond acceptors (Lipinski definition) is 2. The first-order valence-electron chi connectivity index (χ1n) is 9.76. The molecule has 0 fully saturated rings. The Kier molecular flexibility index (Phi) is 6.34. The number of guanidine groups is 1. The molecule has 0 atom stereocenters. The van der Waals surface area contributed by atoms with Gasteiger partial charge in [0.05, 0.1) is 5.69 Å². The maximum atomic E-state index is 13.5. The number of hydrogen-bond donors (Lipinski definition) is 3. The minimum Gasteiger partial charge on any atom is -0.361 e. The molecule has 0 aliphatic rings. The van der Waals surface area contributed by atoms with Crippen molar-refractivity contribution in [1.82, 2.24) is 25.4 Å². The van der Waals surface area contributed by atoms with E-state index >= 15 is 0 Å². The molecule has 0 aliphatic carbocycles. The molecule has 6 nitrogen and oxygen atoms in total. The summed E-state index contributed by atoms with van der Waals surface area (Å²) >= 11 is 0.